The van der Waals surface area contributed by atoms with E-state index < -0.39 is 24.6 Å². The maximum Gasteiger partial charge on any atom is 0.160 e. The molecule has 3 nitrogen and oxygen atoms in total. The third-order valence-corrected chi connectivity index (χ3v) is 2.45. The zero-order valence-corrected chi connectivity index (χ0v) is 9.00. The largest absolute Gasteiger partial charge is 0.394 e. The van der Waals surface area contributed by atoms with Crippen LogP contribution in [0.5, 0.6) is 0 Å². The molecule has 0 spiro atoms. The first-order chi connectivity index (χ1) is 6.97. The number of halogens is 3. The predicted octanol–water partition coefficient (Wildman–Crippen LogP) is 1.52. The molecule has 0 amide bonds. The monoisotopic (exact) mass is 254 g/mol. The van der Waals surface area contributed by atoms with Crippen molar-refractivity contribution in [1.82, 2.24) is 0 Å². The minimum Gasteiger partial charge on any atom is -0.394 e. The molecule has 2 atom stereocenters. The second-order valence-electron chi connectivity index (χ2n) is 2.99. The molecule has 0 aromatic heterocycles. The fraction of sp³-hybridized carbons (Fsp3) is 0.333. The summed E-state index contributed by atoms with van der Waals surface area (Å²) in [5, 5.41) is 26.7. The van der Waals surface area contributed by atoms with Crippen molar-refractivity contribution in [2.24, 2.45) is 0 Å². The fourth-order valence-corrected chi connectivity index (χ4v) is 1.57. The van der Waals surface area contributed by atoms with Crippen molar-refractivity contribution in [3.05, 3.63) is 33.6 Å². The van der Waals surface area contributed by atoms with Crippen LogP contribution in [0.4, 0.5) is 4.39 Å². The van der Waals surface area contributed by atoms with Gasteiger partial charge < -0.3 is 15.3 Å². The lowest BCUT2D eigenvalue weighted by Crippen LogP contribution is -2.22. The average molecular weight is 255 g/mol. The molecule has 0 saturated heterocycles. The molecule has 0 fully saturated rings. The molecule has 2 unspecified atom stereocenters. The molecule has 0 saturated carbocycles. The Morgan fingerprint density at radius 3 is 2.07 bits per heavy atom. The van der Waals surface area contributed by atoms with Crippen LogP contribution < -0.4 is 0 Å². The molecule has 0 aliphatic carbocycles. The summed E-state index contributed by atoms with van der Waals surface area (Å²) in [6.45, 7) is -0.617. The molecule has 0 heterocycles. The van der Waals surface area contributed by atoms with E-state index in [9.17, 15) is 9.50 Å². The first kappa shape index (κ1) is 12.7. The summed E-state index contributed by atoms with van der Waals surface area (Å²) in [4.78, 5) is 0. The summed E-state index contributed by atoms with van der Waals surface area (Å²) >= 11 is 11.0. The first-order valence-corrected chi connectivity index (χ1v) is 4.84. The van der Waals surface area contributed by atoms with Crippen LogP contribution in [0, 0.1) is 5.82 Å². The lowest BCUT2D eigenvalue weighted by molar-refractivity contribution is -0.0152. The Bertz CT molecular complexity index is 336. The molecule has 1 rings (SSSR count). The van der Waals surface area contributed by atoms with Gasteiger partial charge in [0.25, 0.3) is 0 Å². The molecular weight excluding hydrogens is 246 g/mol. The van der Waals surface area contributed by atoms with E-state index in [-0.39, 0.29) is 15.6 Å². The van der Waals surface area contributed by atoms with Crippen molar-refractivity contribution in [2.75, 3.05) is 6.61 Å². The van der Waals surface area contributed by atoms with Crippen molar-refractivity contribution in [1.29, 1.82) is 0 Å². The van der Waals surface area contributed by atoms with Gasteiger partial charge in [-0.05, 0) is 17.7 Å². The molecule has 1 aromatic carbocycles. The van der Waals surface area contributed by atoms with Crippen LogP contribution in [0.1, 0.15) is 11.7 Å². The third-order valence-electron chi connectivity index (χ3n) is 1.90. The van der Waals surface area contributed by atoms with Gasteiger partial charge in [-0.3, -0.25) is 0 Å². The van der Waals surface area contributed by atoms with Gasteiger partial charge in [0.2, 0.25) is 0 Å². The van der Waals surface area contributed by atoms with E-state index >= 15 is 0 Å². The summed E-state index contributed by atoms with van der Waals surface area (Å²) < 4.78 is 13.0. The van der Waals surface area contributed by atoms with Crippen LogP contribution in [0.25, 0.3) is 0 Å². The van der Waals surface area contributed by atoms with E-state index in [1.165, 1.54) is 0 Å². The standard InChI is InChI=1S/C9H9Cl2FO3/c10-5-1-4(2-6(11)8(5)12)9(15)7(14)3-13/h1-2,7,9,13-15H,3H2. The topological polar surface area (TPSA) is 60.7 Å². The highest BCUT2D eigenvalue weighted by atomic mass is 35.5. The Kier molecular flexibility index (Phi) is 4.31. The number of aliphatic hydroxyl groups excluding tert-OH is 3. The summed E-state index contributed by atoms with van der Waals surface area (Å²) in [5.74, 6) is -0.784. The van der Waals surface area contributed by atoms with Crippen molar-refractivity contribution < 1.29 is 19.7 Å². The van der Waals surface area contributed by atoms with Crippen LogP contribution in [-0.2, 0) is 0 Å². The average Bonchev–Trinajstić information content (AvgIpc) is 2.23. The number of benzene rings is 1. The van der Waals surface area contributed by atoms with E-state index in [1.54, 1.807) is 0 Å². The first-order valence-electron chi connectivity index (χ1n) is 4.08. The minimum absolute atomic E-state index is 0.146. The van der Waals surface area contributed by atoms with E-state index in [0.29, 0.717) is 0 Å². The summed E-state index contributed by atoms with van der Waals surface area (Å²) in [6.07, 6.45) is -2.71. The lowest BCUT2D eigenvalue weighted by atomic mass is 10.1. The SMILES string of the molecule is OCC(O)C(O)c1cc(Cl)c(F)c(Cl)c1. The minimum atomic E-state index is -1.36. The molecule has 15 heavy (non-hydrogen) atoms. The van der Waals surface area contributed by atoms with Gasteiger partial charge in [-0.25, -0.2) is 4.39 Å². The molecule has 1 aromatic rings. The van der Waals surface area contributed by atoms with Gasteiger partial charge in [-0.15, -0.1) is 0 Å². The van der Waals surface area contributed by atoms with Crippen molar-refractivity contribution in [3.63, 3.8) is 0 Å². The highest BCUT2D eigenvalue weighted by Gasteiger charge is 2.19. The molecule has 0 aliphatic heterocycles. The summed E-state index contributed by atoms with van der Waals surface area (Å²) in [5.41, 5.74) is 0.146. The number of rotatable bonds is 3. The zero-order valence-electron chi connectivity index (χ0n) is 7.49. The maximum absolute atomic E-state index is 13.0. The van der Waals surface area contributed by atoms with E-state index in [1.807, 2.05) is 0 Å². The number of hydrogen-bond acceptors (Lipinski definition) is 3. The second-order valence-corrected chi connectivity index (χ2v) is 3.81. The summed E-state index contributed by atoms with van der Waals surface area (Å²) in [7, 11) is 0. The van der Waals surface area contributed by atoms with Crippen LogP contribution >= 0.6 is 23.2 Å². The molecular formula is C9H9Cl2FO3. The Morgan fingerprint density at radius 2 is 1.67 bits per heavy atom. The van der Waals surface area contributed by atoms with Crippen LogP contribution in [-0.4, -0.2) is 28.0 Å². The molecule has 0 radical (unpaired) electrons. The third kappa shape index (κ3) is 2.80. The highest BCUT2D eigenvalue weighted by molar-refractivity contribution is 6.35. The number of hydrogen-bond donors (Lipinski definition) is 3. The Morgan fingerprint density at radius 1 is 1.20 bits per heavy atom. The van der Waals surface area contributed by atoms with Gasteiger partial charge in [0.1, 0.15) is 12.2 Å². The fourth-order valence-electron chi connectivity index (χ4n) is 1.07. The Labute approximate surface area is 95.7 Å². The number of aliphatic hydroxyl groups is 3. The molecule has 84 valence electrons. The van der Waals surface area contributed by atoms with Gasteiger partial charge >= 0.3 is 0 Å². The van der Waals surface area contributed by atoms with Crippen molar-refractivity contribution >= 4 is 23.2 Å². The van der Waals surface area contributed by atoms with E-state index in [2.05, 4.69) is 0 Å². The van der Waals surface area contributed by atoms with Gasteiger partial charge in [0.05, 0.1) is 16.7 Å². The van der Waals surface area contributed by atoms with Gasteiger partial charge in [-0.2, -0.15) is 0 Å². The van der Waals surface area contributed by atoms with E-state index in [4.69, 9.17) is 33.4 Å². The van der Waals surface area contributed by atoms with Crippen LogP contribution in [0.15, 0.2) is 12.1 Å². The predicted molar refractivity (Wildman–Crippen MR) is 54.5 cm³/mol. The van der Waals surface area contributed by atoms with Crippen LogP contribution in [0.2, 0.25) is 10.0 Å². The maximum atomic E-state index is 13.0. The normalized spacial score (nSPS) is 15.1. The van der Waals surface area contributed by atoms with Crippen LogP contribution in [0.3, 0.4) is 0 Å². The summed E-state index contributed by atoms with van der Waals surface area (Å²) in [6, 6.07) is 2.29. The molecule has 3 N–H and O–H groups in total. The smallest absolute Gasteiger partial charge is 0.160 e. The van der Waals surface area contributed by atoms with Gasteiger partial charge in [-0.1, -0.05) is 23.2 Å². The van der Waals surface area contributed by atoms with E-state index in [0.717, 1.165) is 12.1 Å². The second kappa shape index (κ2) is 5.09. The Hall–Kier alpha value is -0.390. The Balaban J connectivity index is 3.06. The van der Waals surface area contributed by atoms with Crippen molar-refractivity contribution in [2.45, 2.75) is 12.2 Å². The quantitative estimate of drug-likeness (QED) is 0.717. The van der Waals surface area contributed by atoms with Crippen molar-refractivity contribution in [3.8, 4) is 0 Å². The molecule has 6 heteroatoms. The molecule has 0 aliphatic rings. The highest BCUT2D eigenvalue weighted by Crippen LogP contribution is 2.28. The lowest BCUT2D eigenvalue weighted by Gasteiger charge is -2.16. The van der Waals surface area contributed by atoms with Gasteiger partial charge in [0, 0.05) is 0 Å². The zero-order chi connectivity index (χ0) is 11.6. The molecule has 0 bridgehead atoms. The van der Waals surface area contributed by atoms with Gasteiger partial charge in [0.15, 0.2) is 5.82 Å².